The number of amides is 4. The standard InChI is InChI=1S/C22H24N4O4/c1-22(2)20(28)26(21(29)24-22)12-11-19(27)25-23-14-17-9-6-10-18(13-17)30-15-16-7-4-3-5-8-16/h3-10,13-14H,11-12,15H2,1-2H3,(H,24,29)(H,25,27)/b23-14-. The van der Waals surface area contributed by atoms with Crippen LogP contribution >= 0.6 is 0 Å². The lowest BCUT2D eigenvalue weighted by atomic mass is 10.1. The van der Waals surface area contributed by atoms with Crippen molar-refractivity contribution in [3.05, 3.63) is 65.7 Å². The molecule has 2 aromatic carbocycles. The molecule has 1 aliphatic rings. The Labute approximate surface area is 174 Å². The Balaban J connectivity index is 1.46. The van der Waals surface area contributed by atoms with Gasteiger partial charge in [0.1, 0.15) is 17.9 Å². The van der Waals surface area contributed by atoms with Crippen molar-refractivity contribution in [1.29, 1.82) is 0 Å². The van der Waals surface area contributed by atoms with E-state index < -0.39 is 17.5 Å². The zero-order chi connectivity index (χ0) is 21.6. The Morgan fingerprint density at radius 2 is 1.93 bits per heavy atom. The van der Waals surface area contributed by atoms with Crippen LogP contribution in [0.25, 0.3) is 0 Å². The average Bonchev–Trinajstić information content (AvgIpc) is 2.92. The fourth-order valence-corrected chi connectivity index (χ4v) is 2.89. The van der Waals surface area contributed by atoms with Crippen molar-refractivity contribution in [3.8, 4) is 5.75 Å². The molecule has 0 atom stereocenters. The molecule has 0 radical (unpaired) electrons. The van der Waals surface area contributed by atoms with E-state index in [9.17, 15) is 14.4 Å². The monoisotopic (exact) mass is 408 g/mol. The number of hydrazone groups is 1. The Morgan fingerprint density at radius 1 is 1.17 bits per heavy atom. The van der Waals surface area contributed by atoms with Crippen LogP contribution < -0.4 is 15.5 Å². The molecule has 1 heterocycles. The molecule has 2 aromatic rings. The zero-order valence-corrected chi connectivity index (χ0v) is 16.9. The van der Waals surface area contributed by atoms with Gasteiger partial charge in [0, 0.05) is 13.0 Å². The van der Waals surface area contributed by atoms with Crippen LogP contribution in [0.15, 0.2) is 59.7 Å². The molecule has 2 N–H and O–H groups in total. The highest BCUT2D eigenvalue weighted by atomic mass is 16.5. The molecule has 3 rings (SSSR count). The molecule has 0 aliphatic carbocycles. The summed E-state index contributed by atoms with van der Waals surface area (Å²) in [5.74, 6) is -0.0561. The quantitative estimate of drug-likeness (QED) is 0.398. The number of nitrogens with one attached hydrogen (secondary N) is 2. The lowest BCUT2D eigenvalue weighted by Crippen LogP contribution is -2.40. The Bertz CT molecular complexity index is 957. The summed E-state index contributed by atoms with van der Waals surface area (Å²) >= 11 is 0. The summed E-state index contributed by atoms with van der Waals surface area (Å²) in [5.41, 5.74) is 3.29. The molecule has 1 saturated heterocycles. The van der Waals surface area contributed by atoms with Crippen molar-refractivity contribution in [3.63, 3.8) is 0 Å². The van der Waals surface area contributed by atoms with Gasteiger partial charge in [-0.25, -0.2) is 10.2 Å². The number of hydrogen-bond acceptors (Lipinski definition) is 5. The third-order valence-electron chi connectivity index (χ3n) is 4.52. The molecule has 8 nitrogen and oxygen atoms in total. The van der Waals surface area contributed by atoms with Gasteiger partial charge in [-0.05, 0) is 37.1 Å². The van der Waals surface area contributed by atoms with Crippen molar-refractivity contribution < 1.29 is 19.1 Å². The number of nitrogens with zero attached hydrogens (tertiary/aromatic N) is 2. The molecule has 0 spiro atoms. The number of ether oxygens (including phenoxy) is 1. The molecule has 30 heavy (non-hydrogen) atoms. The summed E-state index contributed by atoms with van der Waals surface area (Å²) in [6, 6.07) is 16.7. The second kappa shape index (κ2) is 9.21. The van der Waals surface area contributed by atoms with Gasteiger partial charge in [0.2, 0.25) is 5.91 Å². The SMILES string of the molecule is CC1(C)NC(=O)N(CCC(=O)N/N=C\c2cccc(OCc3ccccc3)c2)C1=O. The van der Waals surface area contributed by atoms with Crippen molar-refractivity contribution in [1.82, 2.24) is 15.6 Å². The van der Waals surface area contributed by atoms with E-state index in [1.165, 1.54) is 6.21 Å². The van der Waals surface area contributed by atoms with Crippen LogP contribution in [0.1, 0.15) is 31.4 Å². The zero-order valence-electron chi connectivity index (χ0n) is 16.9. The largest absolute Gasteiger partial charge is 0.489 e. The van der Waals surface area contributed by atoms with Gasteiger partial charge >= 0.3 is 6.03 Å². The van der Waals surface area contributed by atoms with Gasteiger partial charge in [0.05, 0.1) is 6.21 Å². The van der Waals surface area contributed by atoms with E-state index in [1.807, 2.05) is 54.6 Å². The highest BCUT2D eigenvalue weighted by Crippen LogP contribution is 2.17. The fourth-order valence-electron chi connectivity index (χ4n) is 2.89. The number of hydrogen-bond donors (Lipinski definition) is 2. The highest BCUT2D eigenvalue weighted by Gasteiger charge is 2.43. The number of urea groups is 1. The second-order valence-corrected chi connectivity index (χ2v) is 7.40. The van der Waals surface area contributed by atoms with Gasteiger partial charge in [-0.15, -0.1) is 0 Å². The van der Waals surface area contributed by atoms with Crippen LogP contribution in [0, 0.1) is 0 Å². The lowest BCUT2D eigenvalue weighted by Gasteiger charge is -2.15. The minimum absolute atomic E-state index is 0.00173. The number of carbonyl (C=O) groups excluding carboxylic acids is 3. The van der Waals surface area contributed by atoms with Crippen LogP contribution in [-0.2, 0) is 16.2 Å². The van der Waals surface area contributed by atoms with Crippen molar-refractivity contribution in [2.75, 3.05) is 6.54 Å². The van der Waals surface area contributed by atoms with E-state index in [2.05, 4.69) is 15.8 Å². The third-order valence-corrected chi connectivity index (χ3v) is 4.52. The first-order valence-electron chi connectivity index (χ1n) is 9.58. The minimum Gasteiger partial charge on any atom is -0.489 e. The van der Waals surface area contributed by atoms with E-state index in [0.29, 0.717) is 12.4 Å². The predicted octanol–water partition coefficient (Wildman–Crippen LogP) is 2.44. The molecule has 156 valence electrons. The fraction of sp³-hybridized carbons (Fsp3) is 0.273. The number of carbonyl (C=O) groups is 3. The normalized spacial score (nSPS) is 15.3. The summed E-state index contributed by atoms with van der Waals surface area (Å²) in [7, 11) is 0. The summed E-state index contributed by atoms with van der Waals surface area (Å²) in [4.78, 5) is 36.9. The lowest BCUT2D eigenvalue weighted by molar-refractivity contribution is -0.130. The summed E-state index contributed by atoms with van der Waals surface area (Å²) in [5, 5.41) is 6.50. The van der Waals surface area contributed by atoms with Crippen LogP contribution in [0.2, 0.25) is 0 Å². The van der Waals surface area contributed by atoms with Crippen molar-refractivity contribution in [2.24, 2.45) is 5.10 Å². The highest BCUT2D eigenvalue weighted by molar-refractivity contribution is 6.06. The summed E-state index contributed by atoms with van der Waals surface area (Å²) < 4.78 is 5.77. The van der Waals surface area contributed by atoms with Gasteiger partial charge in [-0.2, -0.15) is 5.10 Å². The topological polar surface area (TPSA) is 100 Å². The van der Waals surface area contributed by atoms with Crippen molar-refractivity contribution >= 4 is 24.1 Å². The molecule has 0 saturated carbocycles. The van der Waals surface area contributed by atoms with Gasteiger partial charge in [-0.3, -0.25) is 14.5 Å². The Hall–Kier alpha value is -3.68. The van der Waals surface area contributed by atoms with Gasteiger partial charge in [-0.1, -0.05) is 42.5 Å². The Morgan fingerprint density at radius 3 is 2.63 bits per heavy atom. The molecular formula is C22H24N4O4. The van der Waals surface area contributed by atoms with Gasteiger partial charge < -0.3 is 10.1 Å². The molecule has 4 amide bonds. The molecule has 0 bridgehead atoms. The molecular weight excluding hydrogens is 384 g/mol. The average molecular weight is 408 g/mol. The molecule has 0 unspecified atom stereocenters. The third kappa shape index (κ3) is 5.44. The summed E-state index contributed by atoms with van der Waals surface area (Å²) in [6.45, 7) is 3.70. The first-order valence-corrected chi connectivity index (χ1v) is 9.58. The van der Waals surface area contributed by atoms with E-state index in [4.69, 9.17) is 4.74 Å². The molecule has 8 heteroatoms. The smallest absolute Gasteiger partial charge is 0.325 e. The molecule has 1 aliphatic heterocycles. The van der Waals surface area contributed by atoms with Gasteiger partial charge in [0.25, 0.3) is 5.91 Å². The minimum atomic E-state index is -0.945. The van der Waals surface area contributed by atoms with Crippen LogP contribution in [0.5, 0.6) is 5.75 Å². The molecule has 0 aromatic heterocycles. The first kappa shape index (κ1) is 21.0. The van der Waals surface area contributed by atoms with E-state index >= 15 is 0 Å². The van der Waals surface area contributed by atoms with Crippen LogP contribution in [0.4, 0.5) is 4.79 Å². The Kier molecular flexibility index (Phi) is 6.46. The predicted molar refractivity (Wildman–Crippen MR) is 112 cm³/mol. The maximum Gasteiger partial charge on any atom is 0.325 e. The number of benzene rings is 2. The van der Waals surface area contributed by atoms with Crippen molar-refractivity contribution in [2.45, 2.75) is 32.4 Å². The van der Waals surface area contributed by atoms with Crippen LogP contribution in [-0.4, -0.2) is 41.0 Å². The molecule has 1 fully saturated rings. The van der Waals surface area contributed by atoms with E-state index in [-0.39, 0.29) is 18.9 Å². The second-order valence-electron chi connectivity index (χ2n) is 7.40. The first-order chi connectivity index (χ1) is 14.3. The maximum absolute atomic E-state index is 12.1. The maximum atomic E-state index is 12.1. The van der Waals surface area contributed by atoms with Gasteiger partial charge in [0.15, 0.2) is 0 Å². The van der Waals surface area contributed by atoms with E-state index in [0.717, 1.165) is 16.0 Å². The summed E-state index contributed by atoms with van der Waals surface area (Å²) in [6.07, 6.45) is 1.47. The number of rotatable bonds is 8. The van der Waals surface area contributed by atoms with Crippen LogP contribution in [0.3, 0.4) is 0 Å². The number of imide groups is 1. The van der Waals surface area contributed by atoms with E-state index in [1.54, 1.807) is 13.8 Å².